The van der Waals surface area contributed by atoms with Crippen LogP contribution in [0.3, 0.4) is 0 Å². The van der Waals surface area contributed by atoms with Crippen molar-refractivity contribution < 1.29 is 4.74 Å². The fraction of sp³-hybridized carbons (Fsp3) is 0. The van der Waals surface area contributed by atoms with Crippen LogP contribution in [-0.4, -0.2) is 13.7 Å². The average molecular weight is 279 g/mol. The molecule has 3 heteroatoms. The van der Waals surface area contributed by atoms with Crippen LogP contribution in [0.25, 0.3) is 0 Å². The van der Waals surface area contributed by atoms with Gasteiger partial charge in [0.05, 0.1) is 0 Å². The molecule has 1 aliphatic rings. The fourth-order valence-electron chi connectivity index (χ4n) is 1.66. The molecule has 0 bridgehead atoms. The molecule has 0 saturated heterocycles. The third kappa shape index (κ3) is 1.47. The number of ether oxygens (including phenoxy) is 1. The monoisotopic (exact) mass is 278 g/mol. The van der Waals surface area contributed by atoms with Gasteiger partial charge in [-0.05, 0) is 0 Å². The van der Waals surface area contributed by atoms with Crippen molar-refractivity contribution in [3.63, 3.8) is 0 Å². The molecule has 1 heterocycles. The van der Waals surface area contributed by atoms with Crippen molar-refractivity contribution in [1.82, 2.24) is 0 Å². The number of halogens is 1. The predicted octanol–water partition coefficient (Wildman–Crippen LogP) is 2.14. The molecule has 0 radical (unpaired) electrons. The van der Waals surface area contributed by atoms with Crippen molar-refractivity contribution >= 4 is 32.4 Å². The maximum absolute atomic E-state index is 6.54. The number of rotatable bonds is 0. The molecule has 0 N–H and O–H groups in total. The summed E-state index contributed by atoms with van der Waals surface area (Å²) in [6.07, 6.45) is 0. The molecule has 0 saturated carbocycles. The Morgan fingerprint density at radius 1 is 0.800 bits per heavy atom. The Kier molecular flexibility index (Phi) is 2.23. The molecule has 74 valence electrons. The van der Waals surface area contributed by atoms with E-state index >= 15 is 0 Å². The van der Waals surface area contributed by atoms with E-state index in [1.165, 1.54) is 8.70 Å². The number of benzene rings is 2. The summed E-state index contributed by atoms with van der Waals surface area (Å²) < 4.78 is 8.17. The quantitative estimate of drug-likeness (QED) is 0.671. The van der Waals surface area contributed by atoms with Gasteiger partial charge >= 0.3 is 97.1 Å². The SMILES string of the molecule is Cl[As]1c2ccccc2Oc2ccccc21. The van der Waals surface area contributed by atoms with Gasteiger partial charge in [-0.25, -0.2) is 0 Å². The first-order valence-corrected chi connectivity index (χ1v) is 9.02. The van der Waals surface area contributed by atoms with Crippen LogP contribution >= 0.6 is 9.95 Å². The molecule has 1 nitrogen and oxygen atoms in total. The summed E-state index contributed by atoms with van der Waals surface area (Å²) in [5, 5.41) is 0. The van der Waals surface area contributed by atoms with Crippen molar-refractivity contribution in [2.45, 2.75) is 0 Å². The third-order valence-corrected chi connectivity index (χ3v) is 7.59. The fourth-order valence-corrected chi connectivity index (χ4v) is 5.88. The van der Waals surface area contributed by atoms with E-state index in [0.717, 1.165) is 11.5 Å². The summed E-state index contributed by atoms with van der Waals surface area (Å²) in [6, 6.07) is 16.1. The van der Waals surface area contributed by atoms with Gasteiger partial charge in [0.15, 0.2) is 0 Å². The topological polar surface area (TPSA) is 9.23 Å². The Morgan fingerprint density at radius 2 is 1.27 bits per heavy atom. The third-order valence-electron chi connectivity index (χ3n) is 2.37. The Bertz CT molecular complexity index is 467. The second kappa shape index (κ2) is 3.59. The van der Waals surface area contributed by atoms with Gasteiger partial charge in [-0.3, -0.25) is 0 Å². The molecule has 2 aromatic rings. The molecule has 3 rings (SSSR count). The van der Waals surface area contributed by atoms with Crippen LogP contribution in [0.15, 0.2) is 48.5 Å². The van der Waals surface area contributed by atoms with Gasteiger partial charge in [-0.2, -0.15) is 0 Å². The zero-order valence-corrected chi connectivity index (χ0v) is 10.5. The van der Waals surface area contributed by atoms with E-state index in [2.05, 4.69) is 12.1 Å². The van der Waals surface area contributed by atoms with Crippen LogP contribution < -0.4 is 13.4 Å². The Morgan fingerprint density at radius 3 is 1.80 bits per heavy atom. The van der Waals surface area contributed by atoms with E-state index in [4.69, 9.17) is 14.7 Å². The molecular formula is C12H8AsClO. The first-order chi connectivity index (χ1) is 7.36. The van der Waals surface area contributed by atoms with Crippen LogP contribution in [0.2, 0.25) is 0 Å². The van der Waals surface area contributed by atoms with Gasteiger partial charge in [0.2, 0.25) is 0 Å². The van der Waals surface area contributed by atoms with Crippen molar-refractivity contribution in [3.8, 4) is 11.5 Å². The molecule has 0 spiro atoms. The van der Waals surface area contributed by atoms with E-state index < -0.39 is 13.7 Å². The van der Waals surface area contributed by atoms with E-state index in [1.54, 1.807) is 0 Å². The summed E-state index contributed by atoms with van der Waals surface area (Å²) in [7, 11) is 6.54. The Labute approximate surface area is 97.1 Å². The van der Waals surface area contributed by atoms with Gasteiger partial charge in [-0.15, -0.1) is 0 Å². The first-order valence-electron chi connectivity index (χ1n) is 4.68. The molecule has 0 fully saturated rings. The summed E-state index contributed by atoms with van der Waals surface area (Å²) in [4.78, 5) is 0. The summed E-state index contributed by atoms with van der Waals surface area (Å²) in [6.45, 7) is 0. The second-order valence-electron chi connectivity index (χ2n) is 3.32. The van der Waals surface area contributed by atoms with Crippen molar-refractivity contribution in [1.29, 1.82) is 0 Å². The summed E-state index contributed by atoms with van der Waals surface area (Å²) in [5.41, 5.74) is 0. The molecule has 0 aliphatic carbocycles. The van der Waals surface area contributed by atoms with Crippen LogP contribution in [0.5, 0.6) is 11.5 Å². The molecule has 0 amide bonds. The van der Waals surface area contributed by atoms with E-state index in [-0.39, 0.29) is 0 Å². The van der Waals surface area contributed by atoms with Gasteiger partial charge in [0, 0.05) is 0 Å². The standard InChI is InChI=1S/C12H8AsClO/c14-13-9-5-1-3-7-11(9)15-12-8-4-2-6-10(12)13/h1-8H. The van der Waals surface area contributed by atoms with Crippen LogP contribution in [0, 0.1) is 0 Å². The van der Waals surface area contributed by atoms with Gasteiger partial charge in [0.25, 0.3) is 0 Å². The molecule has 0 atom stereocenters. The maximum atomic E-state index is 6.54. The van der Waals surface area contributed by atoms with Crippen molar-refractivity contribution in [2.24, 2.45) is 0 Å². The molecular weight excluding hydrogens is 271 g/mol. The molecule has 15 heavy (non-hydrogen) atoms. The molecule has 0 unspecified atom stereocenters. The molecule has 0 aromatic heterocycles. The first kappa shape index (κ1) is 9.32. The van der Waals surface area contributed by atoms with Gasteiger partial charge in [-0.1, -0.05) is 0 Å². The predicted molar refractivity (Wildman–Crippen MR) is 63.8 cm³/mol. The number of para-hydroxylation sites is 2. The number of fused-ring (bicyclic) bond motifs is 2. The zero-order chi connectivity index (χ0) is 10.3. The zero-order valence-electron chi connectivity index (χ0n) is 7.85. The minimum atomic E-state index is -1.61. The Hall–Kier alpha value is -0.912. The number of hydrogen-bond acceptors (Lipinski definition) is 1. The van der Waals surface area contributed by atoms with Gasteiger partial charge in [0.1, 0.15) is 0 Å². The van der Waals surface area contributed by atoms with Gasteiger partial charge < -0.3 is 0 Å². The van der Waals surface area contributed by atoms with E-state index in [1.807, 2.05) is 36.4 Å². The molecule has 1 aliphatic heterocycles. The number of hydrogen-bond donors (Lipinski definition) is 0. The second-order valence-corrected chi connectivity index (χ2v) is 8.28. The molecule has 2 aromatic carbocycles. The van der Waals surface area contributed by atoms with E-state index in [9.17, 15) is 0 Å². The minimum absolute atomic E-state index is 0.922. The normalized spacial score (nSPS) is 13.9. The summed E-state index contributed by atoms with van der Waals surface area (Å²) in [5.74, 6) is 1.84. The van der Waals surface area contributed by atoms with Crippen LogP contribution in [0.4, 0.5) is 0 Å². The van der Waals surface area contributed by atoms with Crippen molar-refractivity contribution in [3.05, 3.63) is 48.5 Å². The van der Waals surface area contributed by atoms with Crippen LogP contribution in [-0.2, 0) is 0 Å². The van der Waals surface area contributed by atoms with Crippen LogP contribution in [0.1, 0.15) is 0 Å². The Balaban J connectivity index is 2.20. The van der Waals surface area contributed by atoms with E-state index in [0.29, 0.717) is 0 Å². The summed E-state index contributed by atoms with van der Waals surface area (Å²) >= 11 is -1.61. The average Bonchev–Trinajstić information content (AvgIpc) is 2.30. The van der Waals surface area contributed by atoms with Crippen molar-refractivity contribution in [2.75, 3.05) is 0 Å².